The number of hydrogen-bond donors (Lipinski definition) is 0. The predicted molar refractivity (Wildman–Crippen MR) is 110 cm³/mol. The number of rotatable bonds is 1. The molecule has 0 saturated heterocycles. The molecule has 29 heavy (non-hydrogen) atoms. The number of aromatic nitrogens is 1. The summed E-state index contributed by atoms with van der Waals surface area (Å²) in [6, 6.07) is 11.6. The number of benzene rings is 1. The number of pyridine rings is 1. The van der Waals surface area contributed by atoms with Gasteiger partial charge in [-0.05, 0) is 83.3 Å². The summed E-state index contributed by atoms with van der Waals surface area (Å²) in [6.45, 7) is 1.82. The molecule has 0 spiro atoms. The Kier molecular flexibility index (Phi) is 15.7. The van der Waals surface area contributed by atoms with Crippen LogP contribution in [0.15, 0.2) is 59.8 Å². The Morgan fingerprint density at radius 2 is 1.07 bits per heavy atom. The van der Waals surface area contributed by atoms with Crippen molar-refractivity contribution in [2.24, 2.45) is 0 Å². The third-order valence-corrected chi connectivity index (χ3v) is 4.05. The Hall–Kier alpha value is -1.33. The maximum Gasteiger partial charge on any atom is 0.124 e. The fraction of sp³-hybridized carbons (Fsp3) is 0.0435. The molecule has 6 heteroatoms. The molecule has 2 aromatic rings. The van der Waals surface area contributed by atoms with Gasteiger partial charge < -0.3 is 9.12 Å². The molecule has 4 rings (SSSR count). The normalized spacial score (nSPS) is 14.7. The zero-order valence-electron chi connectivity index (χ0n) is 16.1. The molecule has 0 unspecified atom stereocenters. The van der Waals surface area contributed by atoms with Gasteiger partial charge >= 0.3 is 0 Å². The smallest absolute Gasteiger partial charge is 0.124 e. The molecule has 1 heterocycles. The van der Waals surface area contributed by atoms with Crippen molar-refractivity contribution in [3.8, 4) is 0 Å². The molecule has 0 bridgehead atoms. The van der Waals surface area contributed by atoms with Gasteiger partial charge in [0.1, 0.15) is 10.1 Å². The van der Waals surface area contributed by atoms with E-state index in [1.54, 1.807) is 16.7 Å². The molecule has 0 N–H and O–H groups in total. The van der Waals surface area contributed by atoms with E-state index in [4.69, 9.17) is 0 Å². The zero-order chi connectivity index (χ0) is 20.7. The van der Waals surface area contributed by atoms with E-state index >= 15 is 0 Å². The van der Waals surface area contributed by atoms with Crippen LogP contribution in [0.5, 0.6) is 0 Å². The van der Waals surface area contributed by atoms with Crippen LogP contribution >= 0.6 is 0 Å². The molecule has 0 aliphatic heterocycles. The number of nitrogens with zero attached hydrogens (tertiary/aromatic N) is 1. The van der Waals surface area contributed by atoms with Crippen LogP contribution in [0.2, 0.25) is 0 Å². The van der Waals surface area contributed by atoms with E-state index in [-0.39, 0.29) is 22.0 Å². The average Bonchev–Trinajstić information content (AvgIpc) is 3.41. The van der Waals surface area contributed by atoms with Gasteiger partial charge in [-0.2, -0.15) is 0 Å². The van der Waals surface area contributed by atoms with Gasteiger partial charge in [0.2, 0.25) is 0 Å². The summed E-state index contributed by atoms with van der Waals surface area (Å²) in [7, 11) is -0.632. The first kappa shape index (κ1) is 27.7. The summed E-state index contributed by atoms with van der Waals surface area (Å²) in [5.74, 6) is 0. The van der Waals surface area contributed by atoms with Crippen molar-refractivity contribution >= 4 is 10.1 Å². The molecule has 4 nitrogen and oxygen atoms in total. The fourth-order valence-corrected chi connectivity index (χ4v) is 2.25. The monoisotopic (exact) mass is 450 g/mol. The van der Waals surface area contributed by atoms with Crippen LogP contribution in [0.25, 0.3) is 0 Å². The van der Waals surface area contributed by atoms with Crippen molar-refractivity contribution in [3.05, 3.63) is 132 Å². The van der Waals surface area contributed by atoms with Crippen LogP contribution in [0, 0.1) is 78.2 Å². The van der Waals surface area contributed by atoms with Gasteiger partial charge in [0.15, 0.2) is 0 Å². The van der Waals surface area contributed by atoms with E-state index in [1.807, 2.05) is 102 Å². The van der Waals surface area contributed by atoms with Crippen LogP contribution in [0.4, 0.5) is 0 Å². The first-order chi connectivity index (χ1) is 13.4. The van der Waals surface area contributed by atoms with Gasteiger partial charge in [-0.3, -0.25) is 0 Å². The molecule has 2 aliphatic rings. The molecule has 1 aromatic carbocycles. The Bertz CT molecular complexity index is 701. The second-order valence-corrected chi connectivity index (χ2v) is 6.96. The van der Waals surface area contributed by atoms with Gasteiger partial charge in [0.25, 0.3) is 0 Å². The maximum atomic E-state index is 10.4. The standard InChI is InChI=1S/C7H8O3S.C6H7N.2C5H5.Fe/c1-6-2-4-7(5-3-6)11(8,9)10;1-7-5-3-2-4-6-7;2*1-2-4-5-3-1;/h2-5H,1H3,(H,8,9,10);2-6H,1H2;2*1-5H;/p-1. The zero-order valence-corrected chi connectivity index (χ0v) is 18.0. The maximum absolute atomic E-state index is 10.4. The molecule has 2 fully saturated rings. The number of hydrogen-bond acceptors (Lipinski definition) is 3. The van der Waals surface area contributed by atoms with Crippen molar-refractivity contribution in [2.75, 3.05) is 0 Å². The molecule has 10 radical (unpaired) electrons. The predicted octanol–water partition coefficient (Wildman–Crippen LogP) is 3.55. The van der Waals surface area contributed by atoms with E-state index in [0.717, 1.165) is 5.56 Å². The second-order valence-electron chi connectivity index (χ2n) is 5.58. The van der Waals surface area contributed by atoms with Gasteiger partial charge in [-0.1, -0.05) is 35.9 Å². The van der Waals surface area contributed by atoms with Crippen molar-refractivity contribution in [3.63, 3.8) is 0 Å². The van der Waals surface area contributed by atoms with E-state index in [0.29, 0.717) is 0 Å². The Morgan fingerprint density at radius 1 is 0.724 bits per heavy atom. The van der Waals surface area contributed by atoms with Crippen LogP contribution in [0.3, 0.4) is 0 Å². The number of aryl methyl sites for hydroxylation is 1. The van der Waals surface area contributed by atoms with Gasteiger partial charge in [0.05, 0.1) is 17.3 Å². The van der Waals surface area contributed by atoms with Gasteiger partial charge in [-0.25, -0.2) is 8.42 Å². The average molecular weight is 450 g/mol. The van der Waals surface area contributed by atoms with E-state index in [2.05, 4.69) is 7.05 Å². The summed E-state index contributed by atoms with van der Waals surface area (Å²) >= 11 is 0. The summed E-state index contributed by atoms with van der Waals surface area (Å²) in [5.41, 5.74) is 0.928. The fourth-order valence-electron chi connectivity index (χ4n) is 1.78. The van der Waals surface area contributed by atoms with E-state index in [9.17, 15) is 13.0 Å². The minimum absolute atomic E-state index is 0. The molecule has 0 atom stereocenters. The molecular weight excluding hydrogens is 426 g/mol. The Labute approximate surface area is 188 Å². The summed E-state index contributed by atoms with van der Waals surface area (Å²) < 4.78 is 32.9. The minimum atomic E-state index is -4.27. The van der Waals surface area contributed by atoms with Crippen molar-refractivity contribution < 1.29 is 34.6 Å². The molecule has 154 valence electrons. The van der Waals surface area contributed by atoms with E-state index < -0.39 is 10.1 Å². The van der Waals surface area contributed by atoms with Crippen molar-refractivity contribution in [2.45, 2.75) is 11.8 Å². The first-order valence-electron chi connectivity index (χ1n) is 8.52. The largest absolute Gasteiger partial charge is 0.744 e. The molecule has 2 saturated carbocycles. The van der Waals surface area contributed by atoms with E-state index in [1.165, 1.54) is 12.1 Å². The van der Waals surface area contributed by atoms with Crippen molar-refractivity contribution in [1.82, 2.24) is 0 Å². The summed E-state index contributed by atoms with van der Waals surface area (Å²) in [6.07, 6.45) is 23.8. The SMILES string of the molecule is Cc1ccc(S(=O)(=O)[O-])cc1.[CH2-][n+]1ccccc1.[CH]1[CH][CH][CH][CH]1.[CH]1[CH][CH][CH][CH]1.[Fe]. The molecule has 2 aliphatic carbocycles. The quantitative estimate of drug-likeness (QED) is 0.289. The van der Waals surface area contributed by atoms with Crippen LogP contribution < -0.4 is 4.57 Å². The third-order valence-electron chi connectivity index (χ3n) is 3.20. The molecule has 1 aromatic heterocycles. The third kappa shape index (κ3) is 15.2. The van der Waals surface area contributed by atoms with Crippen LogP contribution in [-0.2, 0) is 27.2 Å². The molecule has 0 amide bonds. The van der Waals surface area contributed by atoms with Crippen LogP contribution in [0.1, 0.15) is 5.56 Å². The van der Waals surface area contributed by atoms with Gasteiger partial charge in [0, 0.05) is 24.1 Å². The topological polar surface area (TPSA) is 61.1 Å². The van der Waals surface area contributed by atoms with Gasteiger partial charge in [-0.15, -0.1) is 0 Å². The van der Waals surface area contributed by atoms with Crippen molar-refractivity contribution in [1.29, 1.82) is 0 Å². The second kappa shape index (κ2) is 16.5. The van der Waals surface area contributed by atoms with Crippen LogP contribution in [-0.4, -0.2) is 13.0 Å². The molecular formula is C23H24FeNO3S-. The summed E-state index contributed by atoms with van der Waals surface area (Å²) in [4.78, 5) is -0.178. The Balaban J connectivity index is 0.000000377. The first-order valence-corrected chi connectivity index (χ1v) is 9.93. The minimum Gasteiger partial charge on any atom is -0.744 e. The summed E-state index contributed by atoms with van der Waals surface area (Å²) in [5, 5.41) is 0. The Morgan fingerprint density at radius 3 is 1.31 bits per heavy atom.